The smallest absolute Gasteiger partial charge is 0.0669 e. The van der Waals surface area contributed by atoms with Crippen molar-refractivity contribution in [1.82, 2.24) is 10.6 Å². The summed E-state index contributed by atoms with van der Waals surface area (Å²) in [5.41, 5.74) is 0.549. The molecule has 1 fully saturated rings. The molecule has 120 valence electrons. The van der Waals surface area contributed by atoms with Crippen molar-refractivity contribution in [1.29, 1.82) is 0 Å². The molecule has 3 N–H and O–H groups in total. The predicted molar refractivity (Wildman–Crippen MR) is 87.0 cm³/mol. The second-order valence-electron chi connectivity index (χ2n) is 8.78. The summed E-state index contributed by atoms with van der Waals surface area (Å²) in [6.07, 6.45) is 3.96. The molecule has 1 unspecified atom stereocenters. The fourth-order valence-electron chi connectivity index (χ4n) is 3.62. The molecule has 1 saturated heterocycles. The maximum atomic E-state index is 10.2. The Kier molecular flexibility index (Phi) is 5.67. The van der Waals surface area contributed by atoms with Crippen LogP contribution in [0.3, 0.4) is 0 Å². The van der Waals surface area contributed by atoms with Gasteiger partial charge >= 0.3 is 0 Å². The highest BCUT2D eigenvalue weighted by atomic mass is 16.3. The second kappa shape index (κ2) is 6.33. The maximum absolute atomic E-state index is 10.2. The summed E-state index contributed by atoms with van der Waals surface area (Å²) in [5, 5.41) is 17.5. The molecule has 0 aromatic heterocycles. The SMILES string of the molecule is CCC(C)(C)CC(O)CNC1CC(C)(C)NC(C)(C)C1. The van der Waals surface area contributed by atoms with Gasteiger partial charge in [-0.25, -0.2) is 0 Å². The topological polar surface area (TPSA) is 44.3 Å². The summed E-state index contributed by atoms with van der Waals surface area (Å²) in [5.74, 6) is 0. The van der Waals surface area contributed by atoms with Crippen LogP contribution in [0.1, 0.15) is 74.1 Å². The van der Waals surface area contributed by atoms with E-state index in [9.17, 15) is 5.11 Å². The number of rotatable bonds is 6. The fourth-order valence-corrected chi connectivity index (χ4v) is 3.62. The van der Waals surface area contributed by atoms with Crippen LogP contribution in [-0.4, -0.2) is 34.9 Å². The van der Waals surface area contributed by atoms with E-state index in [1.807, 2.05) is 0 Å². The average molecular weight is 284 g/mol. The molecule has 0 spiro atoms. The molecule has 1 atom stereocenters. The van der Waals surface area contributed by atoms with Crippen LogP contribution in [0, 0.1) is 5.41 Å². The van der Waals surface area contributed by atoms with Crippen molar-refractivity contribution in [2.24, 2.45) is 5.41 Å². The Labute approximate surface area is 125 Å². The van der Waals surface area contributed by atoms with Gasteiger partial charge in [-0.05, 0) is 52.4 Å². The number of hydrogen-bond acceptors (Lipinski definition) is 3. The van der Waals surface area contributed by atoms with E-state index < -0.39 is 0 Å². The van der Waals surface area contributed by atoms with Gasteiger partial charge in [0.25, 0.3) is 0 Å². The number of aliphatic hydroxyl groups is 1. The lowest BCUT2D eigenvalue weighted by molar-refractivity contribution is 0.0926. The van der Waals surface area contributed by atoms with Gasteiger partial charge in [0.15, 0.2) is 0 Å². The minimum atomic E-state index is -0.244. The molecule has 0 aliphatic carbocycles. The summed E-state index contributed by atoms with van der Waals surface area (Å²) < 4.78 is 0. The normalized spacial score (nSPS) is 24.6. The van der Waals surface area contributed by atoms with Crippen molar-refractivity contribution in [2.75, 3.05) is 6.54 Å². The van der Waals surface area contributed by atoms with Gasteiger partial charge in [-0.2, -0.15) is 0 Å². The summed E-state index contributed by atoms with van der Waals surface area (Å²) in [6.45, 7) is 16.4. The van der Waals surface area contributed by atoms with E-state index in [0.717, 1.165) is 25.7 Å². The third kappa shape index (κ3) is 6.11. The summed E-state index contributed by atoms with van der Waals surface area (Å²) in [4.78, 5) is 0. The van der Waals surface area contributed by atoms with Crippen molar-refractivity contribution in [3.63, 3.8) is 0 Å². The molecule has 20 heavy (non-hydrogen) atoms. The molecule has 0 amide bonds. The first-order chi connectivity index (χ1) is 8.95. The van der Waals surface area contributed by atoms with Crippen LogP contribution in [0.4, 0.5) is 0 Å². The quantitative estimate of drug-likeness (QED) is 0.702. The first-order valence-electron chi connectivity index (χ1n) is 8.15. The van der Waals surface area contributed by atoms with E-state index in [-0.39, 0.29) is 22.6 Å². The van der Waals surface area contributed by atoms with E-state index in [2.05, 4.69) is 59.1 Å². The van der Waals surface area contributed by atoms with Crippen LogP contribution >= 0.6 is 0 Å². The molecular weight excluding hydrogens is 248 g/mol. The van der Waals surface area contributed by atoms with Crippen molar-refractivity contribution in [3.05, 3.63) is 0 Å². The van der Waals surface area contributed by atoms with Crippen LogP contribution in [0.15, 0.2) is 0 Å². The van der Waals surface area contributed by atoms with Gasteiger partial charge in [-0.15, -0.1) is 0 Å². The van der Waals surface area contributed by atoms with Crippen molar-refractivity contribution in [3.8, 4) is 0 Å². The summed E-state index contributed by atoms with van der Waals surface area (Å²) >= 11 is 0. The standard InChI is InChI=1S/C17H36N2O/c1-8-15(2,3)11-14(20)12-18-13-9-16(4,5)19-17(6,7)10-13/h13-14,18-20H,8-12H2,1-7H3. The van der Waals surface area contributed by atoms with Crippen molar-refractivity contribution in [2.45, 2.75) is 97.4 Å². The highest BCUT2D eigenvalue weighted by Gasteiger charge is 2.37. The molecule has 1 rings (SSSR count). The maximum Gasteiger partial charge on any atom is 0.0669 e. The average Bonchev–Trinajstić information content (AvgIpc) is 2.21. The third-order valence-corrected chi connectivity index (χ3v) is 4.58. The van der Waals surface area contributed by atoms with E-state index in [0.29, 0.717) is 12.6 Å². The summed E-state index contributed by atoms with van der Waals surface area (Å²) in [7, 11) is 0. The monoisotopic (exact) mass is 284 g/mol. The molecule has 3 heteroatoms. The zero-order valence-corrected chi connectivity index (χ0v) is 14.6. The first-order valence-corrected chi connectivity index (χ1v) is 8.15. The Balaban J connectivity index is 2.45. The molecule has 0 radical (unpaired) electrons. The van der Waals surface area contributed by atoms with Gasteiger partial charge < -0.3 is 15.7 Å². The highest BCUT2D eigenvalue weighted by molar-refractivity contribution is 4.99. The number of piperidine rings is 1. The predicted octanol–water partition coefficient (Wildman–Crippen LogP) is 3.07. The largest absolute Gasteiger partial charge is 0.392 e. The van der Waals surface area contributed by atoms with Gasteiger partial charge in [0.1, 0.15) is 0 Å². The van der Waals surface area contributed by atoms with Gasteiger partial charge in [-0.1, -0.05) is 27.2 Å². The molecule has 0 aromatic rings. The number of aliphatic hydroxyl groups excluding tert-OH is 1. The molecule has 1 aliphatic heterocycles. The second-order valence-corrected chi connectivity index (χ2v) is 8.78. The Hall–Kier alpha value is -0.120. The third-order valence-electron chi connectivity index (χ3n) is 4.58. The minimum Gasteiger partial charge on any atom is -0.392 e. The van der Waals surface area contributed by atoms with E-state index >= 15 is 0 Å². The van der Waals surface area contributed by atoms with Gasteiger partial charge in [0.05, 0.1) is 6.10 Å². The highest BCUT2D eigenvalue weighted by Crippen LogP contribution is 2.29. The van der Waals surface area contributed by atoms with Gasteiger partial charge in [0, 0.05) is 23.7 Å². The lowest BCUT2D eigenvalue weighted by Crippen LogP contribution is -2.62. The van der Waals surface area contributed by atoms with Crippen LogP contribution in [0.5, 0.6) is 0 Å². The van der Waals surface area contributed by atoms with E-state index in [4.69, 9.17) is 0 Å². The molecule has 3 nitrogen and oxygen atoms in total. The lowest BCUT2D eigenvalue weighted by Gasteiger charge is -2.47. The Morgan fingerprint density at radius 3 is 2.15 bits per heavy atom. The minimum absolute atomic E-state index is 0.160. The number of nitrogens with one attached hydrogen (secondary N) is 2. The molecule has 1 heterocycles. The zero-order valence-electron chi connectivity index (χ0n) is 14.6. The lowest BCUT2D eigenvalue weighted by atomic mass is 9.79. The van der Waals surface area contributed by atoms with Gasteiger partial charge in [-0.3, -0.25) is 0 Å². The van der Waals surface area contributed by atoms with E-state index in [1.54, 1.807) is 0 Å². The molecular formula is C17H36N2O. The van der Waals surface area contributed by atoms with Crippen LogP contribution in [-0.2, 0) is 0 Å². The molecule has 1 aliphatic rings. The summed E-state index contributed by atoms with van der Waals surface area (Å²) in [6, 6.07) is 0.487. The fraction of sp³-hybridized carbons (Fsp3) is 1.00. The Morgan fingerprint density at radius 1 is 1.20 bits per heavy atom. The van der Waals surface area contributed by atoms with Crippen molar-refractivity contribution >= 4 is 0 Å². The van der Waals surface area contributed by atoms with Crippen molar-refractivity contribution < 1.29 is 5.11 Å². The first kappa shape index (κ1) is 17.9. The van der Waals surface area contributed by atoms with E-state index in [1.165, 1.54) is 0 Å². The van der Waals surface area contributed by atoms with Crippen LogP contribution in [0.25, 0.3) is 0 Å². The molecule has 0 saturated carbocycles. The van der Waals surface area contributed by atoms with Crippen LogP contribution < -0.4 is 10.6 Å². The molecule has 0 bridgehead atoms. The Bertz CT molecular complexity index is 294. The number of hydrogen-bond donors (Lipinski definition) is 3. The van der Waals surface area contributed by atoms with Gasteiger partial charge in [0.2, 0.25) is 0 Å². The zero-order chi connectivity index (χ0) is 15.6. The van der Waals surface area contributed by atoms with Crippen LogP contribution in [0.2, 0.25) is 0 Å². The Morgan fingerprint density at radius 2 is 1.70 bits per heavy atom. The molecule has 0 aromatic carbocycles.